The van der Waals surface area contributed by atoms with E-state index in [9.17, 15) is 9.50 Å². The molecule has 28 heavy (non-hydrogen) atoms. The summed E-state index contributed by atoms with van der Waals surface area (Å²) >= 11 is 0. The summed E-state index contributed by atoms with van der Waals surface area (Å²) in [4.78, 5) is 9.25. The van der Waals surface area contributed by atoms with Gasteiger partial charge in [0.1, 0.15) is 5.82 Å². The second-order valence-corrected chi connectivity index (χ2v) is 7.53. The van der Waals surface area contributed by atoms with E-state index in [1.165, 1.54) is 23.1 Å². The third kappa shape index (κ3) is 4.55. The number of pyridine rings is 1. The molecule has 0 radical (unpaired) electrons. The van der Waals surface area contributed by atoms with Gasteiger partial charge in [0.2, 0.25) is 0 Å². The van der Waals surface area contributed by atoms with Crippen LogP contribution in [0.3, 0.4) is 0 Å². The third-order valence-corrected chi connectivity index (χ3v) is 5.52. The van der Waals surface area contributed by atoms with E-state index in [1.54, 1.807) is 0 Å². The second-order valence-electron chi connectivity index (χ2n) is 7.53. The number of hydrogen-bond donors (Lipinski definition) is 1. The molecule has 2 aromatic carbocycles. The van der Waals surface area contributed by atoms with E-state index < -0.39 is 0 Å². The molecule has 1 aliphatic rings. The molecule has 146 valence electrons. The van der Waals surface area contributed by atoms with E-state index in [0.29, 0.717) is 6.04 Å². The molecule has 0 bridgehead atoms. The van der Waals surface area contributed by atoms with Gasteiger partial charge in [-0.05, 0) is 47.9 Å². The molecule has 1 atom stereocenters. The number of piperazine rings is 1. The van der Waals surface area contributed by atoms with Gasteiger partial charge >= 0.3 is 0 Å². The fourth-order valence-corrected chi connectivity index (χ4v) is 4.04. The van der Waals surface area contributed by atoms with Gasteiger partial charge in [0.05, 0.1) is 5.52 Å². The molecule has 0 aliphatic carbocycles. The third-order valence-electron chi connectivity index (χ3n) is 5.52. The van der Waals surface area contributed by atoms with Crippen LogP contribution in [0.2, 0.25) is 0 Å². The van der Waals surface area contributed by atoms with Crippen molar-refractivity contribution >= 4 is 10.9 Å². The van der Waals surface area contributed by atoms with Crippen LogP contribution in [-0.4, -0.2) is 52.2 Å². The summed E-state index contributed by atoms with van der Waals surface area (Å²) < 4.78 is 13.2. The van der Waals surface area contributed by atoms with Crippen molar-refractivity contribution in [1.82, 2.24) is 14.8 Å². The smallest absolute Gasteiger partial charge is 0.123 e. The maximum absolute atomic E-state index is 13.2. The number of fused-ring (bicyclic) bond motifs is 1. The van der Waals surface area contributed by atoms with Crippen LogP contribution in [0.25, 0.3) is 10.9 Å². The first kappa shape index (κ1) is 19.0. The largest absolute Gasteiger partial charge is 0.396 e. The lowest BCUT2D eigenvalue weighted by atomic mass is 10.1. The van der Waals surface area contributed by atoms with E-state index >= 15 is 0 Å². The Morgan fingerprint density at radius 2 is 1.82 bits per heavy atom. The molecule has 3 aromatic rings. The lowest BCUT2D eigenvalue weighted by Crippen LogP contribution is -2.52. The number of nitrogens with zero attached hydrogens (tertiary/aromatic N) is 3. The van der Waals surface area contributed by atoms with Gasteiger partial charge in [0.15, 0.2) is 0 Å². The van der Waals surface area contributed by atoms with Gasteiger partial charge in [-0.15, -0.1) is 0 Å². The van der Waals surface area contributed by atoms with E-state index in [-0.39, 0.29) is 12.4 Å². The van der Waals surface area contributed by atoms with Crippen LogP contribution in [0.15, 0.2) is 60.8 Å². The molecule has 0 unspecified atom stereocenters. The maximum Gasteiger partial charge on any atom is 0.123 e. The Labute approximate surface area is 165 Å². The Morgan fingerprint density at radius 1 is 1.00 bits per heavy atom. The lowest BCUT2D eigenvalue weighted by Gasteiger charge is -2.41. The molecule has 1 saturated heterocycles. The van der Waals surface area contributed by atoms with E-state index in [0.717, 1.165) is 50.2 Å². The zero-order valence-electron chi connectivity index (χ0n) is 16.0. The Balaban J connectivity index is 1.42. The number of rotatable bonds is 6. The molecule has 0 spiro atoms. The summed E-state index contributed by atoms with van der Waals surface area (Å²) in [6.45, 7) is 4.72. The standard InChI is InChI=1S/C23H26FN3O/c24-21-6-3-18(4-7-21)16-27-12-11-26(17-22(27)9-13-28)15-19-5-8-23-20(14-19)2-1-10-25-23/h1-8,10,14,22,28H,9,11-13,15-17H2/t22-/m1/s1. The van der Waals surface area contributed by atoms with Crippen molar-refractivity contribution in [1.29, 1.82) is 0 Å². The number of halogens is 1. The van der Waals surface area contributed by atoms with Gasteiger partial charge in [-0.25, -0.2) is 4.39 Å². The SMILES string of the molecule is OCC[C@@H]1CN(Cc2ccc3ncccc3c2)CCN1Cc1ccc(F)cc1. The van der Waals surface area contributed by atoms with Gasteiger partial charge in [0.25, 0.3) is 0 Å². The number of aliphatic hydroxyl groups excluding tert-OH is 1. The number of hydrogen-bond acceptors (Lipinski definition) is 4. The van der Waals surface area contributed by atoms with E-state index in [4.69, 9.17) is 0 Å². The summed E-state index contributed by atoms with van der Waals surface area (Å²) in [6, 6.07) is 17.5. The van der Waals surface area contributed by atoms with Gasteiger partial charge in [-0.2, -0.15) is 0 Å². The molecule has 0 amide bonds. The Bertz CT molecular complexity index is 915. The van der Waals surface area contributed by atoms with Crippen molar-refractivity contribution in [2.75, 3.05) is 26.2 Å². The van der Waals surface area contributed by atoms with Crippen LogP contribution in [0.4, 0.5) is 4.39 Å². The van der Waals surface area contributed by atoms with Crippen LogP contribution < -0.4 is 0 Å². The highest BCUT2D eigenvalue weighted by Gasteiger charge is 2.26. The Kier molecular flexibility index (Phi) is 5.95. The molecule has 5 heteroatoms. The monoisotopic (exact) mass is 379 g/mol. The van der Waals surface area contributed by atoms with Crippen molar-refractivity contribution in [3.63, 3.8) is 0 Å². The first-order valence-corrected chi connectivity index (χ1v) is 9.86. The highest BCUT2D eigenvalue weighted by atomic mass is 19.1. The summed E-state index contributed by atoms with van der Waals surface area (Å²) in [7, 11) is 0. The minimum atomic E-state index is -0.203. The first-order chi connectivity index (χ1) is 13.7. The molecule has 1 aromatic heterocycles. The first-order valence-electron chi connectivity index (χ1n) is 9.86. The van der Waals surface area contributed by atoms with Gasteiger partial charge in [-0.1, -0.05) is 24.3 Å². The van der Waals surface area contributed by atoms with Crippen LogP contribution >= 0.6 is 0 Å². The lowest BCUT2D eigenvalue weighted by molar-refractivity contribution is 0.0500. The zero-order chi connectivity index (χ0) is 19.3. The molecule has 4 rings (SSSR count). The molecule has 1 aliphatic heterocycles. The zero-order valence-corrected chi connectivity index (χ0v) is 16.0. The average molecular weight is 379 g/mol. The predicted octanol–water partition coefficient (Wildman–Crippen LogP) is 3.44. The van der Waals surface area contributed by atoms with Crippen LogP contribution in [0.1, 0.15) is 17.5 Å². The second kappa shape index (κ2) is 8.78. The summed E-state index contributed by atoms with van der Waals surface area (Å²) in [5.41, 5.74) is 3.42. The fraction of sp³-hybridized carbons (Fsp3) is 0.348. The van der Waals surface area contributed by atoms with Crippen molar-refractivity contribution < 1.29 is 9.50 Å². The van der Waals surface area contributed by atoms with Crippen LogP contribution in [0, 0.1) is 5.82 Å². The molecular weight excluding hydrogens is 353 g/mol. The van der Waals surface area contributed by atoms with Crippen molar-refractivity contribution in [2.24, 2.45) is 0 Å². The maximum atomic E-state index is 13.2. The van der Waals surface area contributed by atoms with Crippen LogP contribution in [-0.2, 0) is 13.1 Å². The van der Waals surface area contributed by atoms with Gasteiger partial charge < -0.3 is 5.11 Å². The van der Waals surface area contributed by atoms with Crippen LogP contribution in [0.5, 0.6) is 0 Å². The fourth-order valence-electron chi connectivity index (χ4n) is 4.04. The quantitative estimate of drug-likeness (QED) is 0.712. The van der Waals surface area contributed by atoms with E-state index in [1.807, 2.05) is 24.4 Å². The van der Waals surface area contributed by atoms with Crippen molar-refractivity contribution in [3.05, 3.63) is 77.7 Å². The number of aliphatic hydroxyl groups is 1. The molecule has 4 nitrogen and oxygen atoms in total. The molecule has 0 saturated carbocycles. The molecule has 2 heterocycles. The van der Waals surface area contributed by atoms with Crippen molar-refractivity contribution in [2.45, 2.75) is 25.6 Å². The number of aromatic nitrogens is 1. The summed E-state index contributed by atoms with van der Waals surface area (Å²) in [5, 5.41) is 10.7. The predicted molar refractivity (Wildman–Crippen MR) is 109 cm³/mol. The highest BCUT2D eigenvalue weighted by Crippen LogP contribution is 2.20. The minimum Gasteiger partial charge on any atom is -0.396 e. The molecule has 1 N–H and O–H groups in total. The van der Waals surface area contributed by atoms with Crippen molar-refractivity contribution in [3.8, 4) is 0 Å². The minimum absolute atomic E-state index is 0.181. The normalized spacial score (nSPS) is 18.6. The van der Waals surface area contributed by atoms with Gasteiger partial charge in [-0.3, -0.25) is 14.8 Å². The average Bonchev–Trinajstić information content (AvgIpc) is 2.72. The molecular formula is C23H26FN3O. The van der Waals surface area contributed by atoms with E-state index in [2.05, 4.69) is 39.0 Å². The summed E-state index contributed by atoms with van der Waals surface area (Å²) in [5.74, 6) is -0.203. The number of benzene rings is 2. The summed E-state index contributed by atoms with van der Waals surface area (Å²) in [6.07, 6.45) is 2.57. The molecule has 1 fully saturated rings. The Morgan fingerprint density at radius 3 is 2.64 bits per heavy atom. The topological polar surface area (TPSA) is 39.6 Å². The Hall–Kier alpha value is -2.34. The van der Waals surface area contributed by atoms with Gasteiger partial charge in [0, 0.05) is 57.0 Å². The highest BCUT2D eigenvalue weighted by molar-refractivity contribution is 5.78.